The average molecular weight is 331 g/mol. The first-order valence-corrected chi connectivity index (χ1v) is 7.73. The zero-order valence-electron chi connectivity index (χ0n) is 13.8. The monoisotopic (exact) mass is 331 g/mol. The van der Waals surface area contributed by atoms with Crippen molar-refractivity contribution in [2.75, 3.05) is 7.05 Å². The first-order chi connectivity index (χ1) is 11.5. The van der Waals surface area contributed by atoms with Crippen molar-refractivity contribution in [1.29, 1.82) is 0 Å². The predicted octanol–water partition coefficient (Wildman–Crippen LogP) is 0.656. The van der Waals surface area contributed by atoms with E-state index in [0.29, 0.717) is 17.0 Å². The molecule has 0 radical (unpaired) electrons. The molecule has 2 aromatic rings. The summed E-state index contributed by atoms with van der Waals surface area (Å²) in [6, 6.07) is 6.01. The van der Waals surface area contributed by atoms with Gasteiger partial charge in [0.2, 0.25) is 5.91 Å². The molecule has 2 atom stereocenters. The topological polar surface area (TPSA) is 120 Å². The van der Waals surface area contributed by atoms with Gasteiger partial charge in [0.15, 0.2) is 5.82 Å². The minimum Gasteiger partial charge on any atom is -0.357 e. The van der Waals surface area contributed by atoms with E-state index >= 15 is 0 Å². The summed E-state index contributed by atoms with van der Waals surface area (Å²) in [5.74, 6) is -0.133. The van der Waals surface area contributed by atoms with Crippen molar-refractivity contribution in [2.45, 2.75) is 26.3 Å². The minimum absolute atomic E-state index is 0.0160. The zero-order valence-corrected chi connectivity index (χ0v) is 13.8. The van der Waals surface area contributed by atoms with Gasteiger partial charge in [0.25, 0.3) is 5.91 Å². The van der Waals surface area contributed by atoms with E-state index in [1.54, 1.807) is 31.3 Å². The predicted molar refractivity (Wildman–Crippen MR) is 89.4 cm³/mol. The van der Waals surface area contributed by atoms with Gasteiger partial charge in [-0.05, 0) is 18.1 Å². The molecule has 0 aliphatic rings. The SMILES string of the molecule is CC[C@@H](C)[C@@H](NC(=O)c1ccc(-c2n[nH]c(=O)[nH]2)cc1)C(=O)NC. The molecule has 0 fully saturated rings. The van der Waals surface area contributed by atoms with Gasteiger partial charge < -0.3 is 10.6 Å². The van der Waals surface area contributed by atoms with Crippen LogP contribution < -0.4 is 16.3 Å². The summed E-state index contributed by atoms with van der Waals surface area (Å²) in [4.78, 5) is 37.9. The molecule has 24 heavy (non-hydrogen) atoms. The fraction of sp³-hybridized carbons (Fsp3) is 0.375. The van der Waals surface area contributed by atoms with Crippen LogP contribution in [0.25, 0.3) is 11.4 Å². The molecule has 8 heteroatoms. The van der Waals surface area contributed by atoms with Crippen molar-refractivity contribution in [1.82, 2.24) is 25.8 Å². The van der Waals surface area contributed by atoms with Crippen LogP contribution in [0.1, 0.15) is 30.6 Å². The molecule has 128 valence electrons. The smallest absolute Gasteiger partial charge is 0.340 e. The maximum atomic E-state index is 12.4. The molecule has 1 heterocycles. The van der Waals surface area contributed by atoms with Crippen LogP contribution in [-0.2, 0) is 4.79 Å². The van der Waals surface area contributed by atoms with E-state index in [1.165, 1.54) is 0 Å². The van der Waals surface area contributed by atoms with E-state index in [2.05, 4.69) is 25.8 Å². The highest BCUT2D eigenvalue weighted by Gasteiger charge is 2.25. The van der Waals surface area contributed by atoms with Crippen LogP contribution in [0.3, 0.4) is 0 Å². The molecule has 0 spiro atoms. The number of carbonyl (C=O) groups excluding carboxylic acids is 2. The van der Waals surface area contributed by atoms with Gasteiger partial charge in [-0.3, -0.25) is 14.6 Å². The molecule has 0 saturated heterocycles. The van der Waals surface area contributed by atoms with Crippen LogP contribution in [0.5, 0.6) is 0 Å². The van der Waals surface area contributed by atoms with Crippen LogP contribution in [0, 0.1) is 5.92 Å². The molecule has 2 rings (SSSR count). The van der Waals surface area contributed by atoms with Gasteiger partial charge in [0, 0.05) is 18.2 Å². The fourth-order valence-electron chi connectivity index (χ4n) is 2.27. The summed E-state index contributed by atoms with van der Waals surface area (Å²) < 4.78 is 0. The first-order valence-electron chi connectivity index (χ1n) is 7.73. The lowest BCUT2D eigenvalue weighted by atomic mass is 9.98. The number of nitrogens with one attached hydrogen (secondary N) is 4. The number of amides is 2. The van der Waals surface area contributed by atoms with Crippen molar-refractivity contribution in [3.05, 3.63) is 40.3 Å². The third-order valence-electron chi connectivity index (χ3n) is 3.95. The Hall–Kier alpha value is -2.90. The second-order valence-electron chi connectivity index (χ2n) is 5.55. The van der Waals surface area contributed by atoms with E-state index in [1.807, 2.05) is 13.8 Å². The van der Waals surface area contributed by atoms with Crippen molar-refractivity contribution in [3.8, 4) is 11.4 Å². The van der Waals surface area contributed by atoms with Crippen molar-refractivity contribution >= 4 is 11.8 Å². The summed E-state index contributed by atoms with van der Waals surface area (Å²) in [7, 11) is 1.54. The molecule has 4 N–H and O–H groups in total. The summed E-state index contributed by atoms with van der Waals surface area (Å²) in [6.45, 7) is 3.88. The highest BCUT2D eigenvalue weighted by Crippen LogP contribution is 2.15. The second kappa shape index (κ2) is 7.58. The number of benzene rings is 1. The third-order valence-corrected chi connectivity index (χ3v) is 3.95. The summed E-state index contributed by atoms with van der Waals surface area (Å²) in [5, 5.41) is 11.5. The lowest BCUT2D eigenvalue weighted by Crippen LogP contribution is -2.49. The van der Waals surface area contributed by atoms with E-state index in [-0.39, 0.29) is 17.7 Å². The summed E-state index contributed by atoms with van der Waals surface area (Å²) in [6.07, 6.45) is 0.768. The van der Waals surface area contributed by atoms with Crippen molar-refractivity contribution in [3.63, 3.8) is 0 Å². The van der Waals surface area contributed by atoms with Crippen LogP contribution >= 0.6 is 0 Å². The van der Waals surface area contributed by atoms with E-state index < -0.39 is 11.7 Å². The Balaban J connectivity index is 2.14. The third kappa shape index (κ3) is 3.89. The lowest BCUT2D eigenvalue weighted by molar-refractivity contribution is -0.123. The second-order valence-corrected chi connectivity index (χ2v) is 5.55. The van der Waals surface area contributed by atoms with Gasteiger partial charge >= 0.3 is 5.69 Å². The molecular weight excluding hydrogens is 310 g/mol. The summed E-state index contributed by atoms with van der Waals surface area (Å²) in [5.41, 5.74) is 0.706. The maximum absolute atomic E-state index is 12.4. The standard InChI is InChI=1S/C16H21N5O3/c1-4-9(2)12(15(23)17-3)18-14(22)11-7-5-10(6-8-11)13-19-16(24)21-20-13/h5-9,12H,4H2,1-3H3,(H,17,23)(H,18,22)(H2,19,20,21,24)/t9-,12-/m1/s1. The van der Waals surface area contributed by atoms with Gasteiger partial charge in [-0.2, -0.15) is 5.10 Å². The number of hydrogen-bond donors (Lipinski definition) is 4. The number of aromatic amines is 2. The number of hydrogen-bond acceptors (Lipinski definition) is 4. The lowest BCUT2D eigenvalue weighted by Gasteiger charge is -2.22. The number of H-pyrrole nitrogens is 2. The first kappa shape index (κ1) is 17.5. The van der Waals surface area contributed by atoms with Gasteiger partial charge in [-0.15, -0.1) is 0 Å². The average Bonchev–Trinajstić information content (AvgIpc) is 3.04. The molecule has 0 aliphatic carbocycles. The molecule has 1 aromatic heterocycles. The number of aromatic nitrogens is 3. The summed E-state index contributed by atoms with van der Waals surface area (Å²) >= 11 is 0. The maximum Gasteiger partial charge on any atom is 0.340 e. The molecule has 0 aliphatic heterocycles. The molecule has 2 amide bonds. The molecular formula is C16H21N5O3. The molecule has 0 saturated carbocycles. The quantitative estimate of drug-likeness (QED) is 0.621. The highest BCUT2D eigenvalue weighted by molar-refractivity contribution is 5.97. The Morgan fingerprint density at radius 3 is 2.42 bits per heavy atom. The Kier molecular flexibility index (Phi) is 5.51. The Labute approximate surface area is 139 Å². The Morgan fingerprint density at radius 2 is 1.92 bits per heavy atom. The van der Waals surface area contributed by atoms with Crippen LogP contribution in [0.15, 0.2) is 29.1 Å². The fourth-order valence-corrected chi connectivity index (χ4v) is 2.27. The normalized spacial score (nSPS) is 13.1. The number of nitrogens with zero attached hydrogens (tertiary/aromatic N) is 1. The molecule has 1 aromatic carbocycles. The van der Waals surface area contributed by atoms with E-state index in [4.69, 9.17) is 0 Å². The number of carbonyl (C=O) groups is 2. The zero-order chi connectivity index (χ0) is 17.7. The van der Waals surface area contributed by atoms with Crippen molar-refractivity contribution in [2.24, 2.45) is 5.92 Å². The van der Waals surface area contributed by atoms with Crippen LogP contribution in [0.4, 0.5) is 0 Å². The minimum atomic E-state index is -0.588. The van der Waals surface area contributed by atoms with Gasteiger partial charge in [-0.25, -0.2) is 9.89 Å². The van der Waals surface area contributed by atoms with Gasteiger partial charge in [0.05, 0.1) is 0 Å². The Bertz CT molecular complexity index is 763. The number of rotatable bonds is 6. The van der Waals surface area contributed by atoms with E-state index in [9.17, 15) is 14.4 Å². The van der Waals surface area contributed by atoms with Gasteiger partial charge in [-0.1, -0.05) is 32.4 Å². The molecule has 0 unspecified atom stereocenters. The van der Waals surface area contributed by atoms with Crippen molar-refractivity contribution < 1.29 is 9.59 Å². The Morgan fingerprint density at radius 1 is 1.25 bits per heavy atom. The largest absolute Gasteiger partial charge is 0.357 e. The molecule has 0 bridgehead atoms. The van der Waals surface area contributed by atoms with Crippen LogP contribution in [0.2, 0.25) is 0 Å². The number of likely N-dealkylation sites (N-methyl/N-ethyl adjacent to an activating group) is 1. The van der Waals surface area contributed by atoms with Crippen LogP contribution in [-0.4, -0.2) is 40.1 Å². The highest BCUT2D eigenvalue weighted by atomic mass is 16.2. The van der Waals surface area contributed by atoms with Gasteiger partial charge in [0.1, 0.15) is 6.04 Å². The molecule has 8 nitrogen and oxygen atoms in total. The van der Waals surface area contributed by atoms with E-state index in [0.717, 1.165) is 6.42 Å².